The number of hydrogen-bond donors (Lipinski definition) is 1. The van der Waals surface area contributed by atoms with E-state index in [9.17, 15) is 9.59 Å². The number of amides is 1. The van der Waals surface area contributed by atoms with Gasteiger partial charge in [-0.2, -0.15) is 0 Å². The van der Waals surface area contributed by atoms with Gasteiger partial charge in [-0.05, 0) is 42.3 Å². The Morgan fingerprint density at radius 1 is 1.20 bits per heavy atom. The summed E-state index contributed by atoms with van der Waals surface area (Å²) in [6.07, 6.45) is 0.459. The molecule has 0 fully saturated rings. The molecule has 5 nitrogen and oxygen atoms in total. The number of ether oxygens (including phenoxy) is 2. The first-order valence-corrected chi connectivity index (χ1v) is 8.41. The molecule has 1 aliphatic heterocycles. The van der Waals surface area contributed by atoms with Gasteiger partial charge in [-0.25, -0.2) is 0 Å². The van der Waals surface area contributed by atoms with Crippen molar-refractivity contribution in [1.82, 2.24) is 0 Å². The summed E-state index contributed by atoms with van der Waals surface area (Å²) in [5, 5.41) is 3.59. The van der Waals surface area contributed by atoms with Crippen LogP contribution in [0.25, 0.3) is 0 Å². The number of benzene rings is 2. The summed E-state index contributed by atoms with van der Waals surface area (Å²) in [6, 6.07) is 12.1. The van der Waals surface area contributed by atoms with E-state index in [4.69, 9.17) is 32.7 Å². The van der Waals surface area contributed by atoms with Crippen LogP contribution in [-0.2, 0) is 20.7 Å². The smallest absolute Gasteiger partial charge is 0.313 e. The second-order valence-corrected chi connectivity index (χ2v) is 6.44. The van der Waals surface area contributed by atoms with Gasteiger partial charge in [-0.1, -0.05) is 35.3 Å². The third kappa shape index (κ3) is 4.44. The molecule has 25 heavy (non-hydrogen) atoms. The summed E-state index contributed by atoms with van der Waals surface area (Å²) >= 11 is 11.9. The molecule has 0 radical (unpaired) electrons. The molecule has 0 unspecified atom stereocenters. The van der Waals surface area contributed by atoms with Crippen LogP contribution in [0.1, 0.15) is 5.56 Å². The fourth-order valence-electron chi connectivity index (χ4n) is 2.52. The van der Waals surface area contributed by atoms with Crippen molar-refractivity contribution in [2.24, 2.45) is 5.92 Å². The molecule has 0 bridgehead atoms. The molecule has 1 heterocycles. The number of carbonyl (C=O) groups is 2. The SMILES string of the molecule is O=C(COC(=O)[C@@H]1COc2ccc(Cl)cc2C1)Nc1ccccc1Cl. The lowest BCUT2D eigenvalue weighted by Gasteiger charge is -2.24. The van der Waals surface area contributed by atoms with Crippen molar-refractivity contribution in [3.63, 3.8) is 0 Å². The summed E-state index contributed by atoms with van der Waals surface area (Å²) in [5.41, 5.74) is 1.32. The van der Waals surface area contributed by atoms with Gasteiger partial charge in [-0.15, -0.1) is 0 Å². The van der Waals surface area contributed by atoms with Gasteiger partial charge in [0.1, 0.15) is 12.4 Å². The van der Waals surface area contributed by atoms with Crippen molar-refractivity contribution in [1.29, 1.82) is 0 Å². The van der Waals surface area contributed by atoms with E-state index in [0.717, 1.165) is 5.56 Å². The molecule has 7 heteroatoms. The maximum absolute atomic E-state index is 12.2. The normalized spacial score (nSPS) is 15.7. The number of rotatable bonds is 4. The predicted molar refractivity (Wildman–Crippen MR) is 95.2 cm³/mol. The monoisotopic (exact) mass is 379 g/mol. The average molecular weight is 380 g/mol. The first kappa shape index (κ1) is 17.6. The van der Waals surface area contributed by atoms with E-state index in [-0.39, 0.29) is 13.2 Å². The van der Waals surface area contributed by atoms with Crippen LogP contribution in [0.4, 0.5) is 5.69 Å². The Balaban J connectivity index is 1.53. The van der Waals surface area contributed by atoms with Gasteiger partial charge in [0.05, 0.1) is 16.6 Å². The molecule has 0 aliphatic carbocycles. The summed E-state index contributed by atoms with van der Waals surface area (Å²) in [5.74, 6) is -0.703. The van der Waals surface area contributed by atoms with Crippen LogP contribution in [0.2, 0.25) is 10.0 Å². The van der Waals surface area contributed by atoms with Gasteiger partial charge in [0.25, 0.3) is 5.91 Å². The highest BCUT2D eigenvalue weighted by molar-refractivity contribution is 6.33. The Hall–Kier alpha value is -2.24. The van der Waals surface area contributed by atoms with Gasteiger partial charge in [0, 0.05) is 5.02 Å². The van der Waals surface area contributed by atoms with Crippen LogP contribution >= 0.6 is 23.2 Å². The van der Waals surface area contributed by atoms with Crippen LogP contribution in [0.15, 0.2) is 42.5 Å². The molecule has 2 aromatic rings. The minimum atomic E-state index is -0.486. The summed E-state index contributed by atoms with van der Waals surface area (Å²) in [6.45, 7) is -0.178. The molecule has 0 spiro atoms. The highest BCUT2D eigenvalue weighted by atomic mass is 35.5. The van der Waals surface area contributed by atoms with Crippen LogP contribution in [0, 0.1) is 5.92 Å². The van der Waals surface area contributed by atoms with Crippen molar-refractivity contribution in [3.8, 4) is 5.75 Å². The van der Waals surface area contributed by atoms with Crippen LogP contribution < -0.4 is 10.1 Å². The minimum Gasteiger partial charge on any atom is -0.492 e. The molecule has 1 aliphatic rings. The maximum atomic E-state index is 12.2. The first-order chi connectivity index (χ1) is 12.0. The predicted octanol–water partition coefficient (Wildman–Crippen LogP) is 3.73. The Morgan fingerprint density at radius 3 is 2.80 bits per heavy atom. The molecule has 1 amide bonds. The third-order valence-electron chi connectivity index (χ3n) is 3.76. The molecular formula is C18H15Cl2NO4. The lowest BCUT2D eigenvalue weighted by Crippen LogP contribution is -2.32. The molecule has 1 N–H and O–H groups in total. The molecule has 1 atom stereocenters. The van der Waals surface area contributed by atoms with Crippen molar-refractivity contribution < 1.29 is 19.1 Å². The van der Waals surface area contributed by atoms with Gasteiger partial charge < -0.3 is 14.8 Å². The van der Waals surface area contributed by atoms with Crippen LogP contribution in [0.5, 0.6) is 5.75 Å². The van der Waals surface area contributed by atoms with E-state index in [1.54, 1.807) is 42.5 Å². The van der Waals surface area contributed by atoms with E-state index in [1.807, 2.05) is 0 Å². The van der Waals surface area contributed by atoms with E-state index >= 15 is 0 Å². The minimum absolute atomic E-state index is 0.208. The number of fused-ring (bicyclic) bond motifs is 1. The van der Waals surface area contributed by atoms with E-state index in [0.29, 0.717) is 27.9 Å². The quantitative estimate of drug-likeness (QED) is 0.822. The van der Waals surface area contributed by atoms with Crippen LogP contribution in [-0.4, -0.2) is 25.1 Å². The second-order valence-electron chi connectivity index (χ2n) is 5.60. The lowest BCUT2D eigenvalue weighted by atomic mass is 9.97. The molecule has 130 valence electrons. The van der Waals surface area contributed by atoms with Gasteiger partial charge in [-0.3, -0.25) is 9.59 Å². The molecule has 3 rings (SSSR count). The second kappa shape index (κ2) is 7.76. The van der Waals surface area contributed by atoms with Crippen LogP contribution in [0.3, 0.4) is 0 Å². The highest BCUT2D eigenvalue weighted by Crippen LogP contribution is 2.30. The molecule has 2 aromatic carbocycles. The van der Waals surface area contributed by atoms with E-state index in [2.05, 4.69) is 5.32 Å². The average Bonchev–Trinajstić information content (AvgIpc) is 2.61. The number of anilines is 1. The number of para-hydroxylation sites is 1. The van der Waals surface area contributed by atoms with Crippen molar-refractivity contribution >= 4 is 40.8 Å². The molecule has 0 saturated heterocycles. The van der Waals surface area contributed by atoms with Gasteiger partial charge >= 0.3 is 5.97 Å². The lowest BCUT2D eigenvalue weighted by molar-refractivity contribution is -0.152. The first-order valence-electron chi connectivity index (χ1n) is 7.65. The Labute approximate surface area is 154 Å². The number of esters is 1. The Kier molecular flexibility index (Phi) is 5.46. The summed E-state index contributed by atoms with van der Waals surface area (Å²) in [4.78, 5) is 24.1. The Bertz CT molecular complexity index is 809. The van der Waals surface area contributed by atoms with E-state index < -0.39 is 17.8 Å². The largest absolute Gasteiger partial charge is 0.492 e. The summed E-state index contributed by atoms with van der Waals surface area (Å²) in [7, 11) is 0. The number of hydrogen-bond acceptors (Lipinski definition) is 4. The van der Waals surface area contributed by atoms with Crippen molar-refractivity contribution in [3.05, 3.63) is 58.1 Å². The fraction of sp³-hybridized carbons (Fsp3) is 0.222. The van der Waals surface area contributed by atoms with E-state index in [1.165, 1.54) is 0 Å². The zero-order valence-electron chi connectivity index (χ0n) is 13.1. The molecule has 0 saturated carbocycles. The third-order valence-corrected chi connectivity index (χ3v) is 4.32. The highest BCUT2D eigenvalue weighted by Gasteiger charge is 2.28. The van der Waals surface area contributed by atoms with Gasteiger partial charge in [0.2, 0.25) is 0 Å². The zero-order valence-corrected chi connectivity index (χ0v) is 14.6. The topological polar surface area (TPSA) is 64.6 Å². The summed E-state index contributed by atoms with van der Waals surface area (Å²) < 4.78 is 10.6. The van der Waals surface area contributed by atoms with Crippen molar-refractivity contribution in [2.45, 2.75) is 6.42 Å². The standard InChI is InChI=1S/C18H15Cl2NO4/c19-13-5-6-16-11(8-13)7-12(9-24-16)18(23)25-10-17(22)21-15-4-2-1-3-14(15)20/h1-6,8,12H,7,9-10H2,(H,21,22)/t12-/m0/s1. The van der Waals surface area contributed by atoms with Crippen molar-refractivity contribution in [2.75, 3.05) is 18.5 Å². The zero-order chi connectivity index (χ0) is 17.8. The number of carbonyl (C=O) groups excluding carboxylic acids is 2. The number of nitrogens with one attached hydrogen (secondary N) is 1. The number of halogens is 2. The fourth-order valence-corrected chi connectivity index (χ4v) is 2.90. The molecule has 0 aromatic heterocycles. The molecular weight excluding hydrogens is 365 g/mol. The van der Waals surface area contributed by atoms with Gasteiger partial charge in [0.15, 0.2) is 6.61 Å². The Morgan fingerprint density at radius 2 is 2.00 bits per heavy atom. The maximum Gasteiger partial charge on any atom is 0.313 e.